The number of nitrogens with one attached hydrogen (secondary N) is 1. The Morgan fingerprint density at radius 3 is 2.68 bits per heavy atom. The van der Waals surface area contributed by atoms with E-state index >= 15 is 0 Å². The maximum Gasteiger partial charge on any atom is 0.343 e. The minimum Gasteiger partial charge on any atom is -0.493 e. The molecule has 6 nitrogen and oxygen atoms in total. The lowest BCUT2D eigenvalue weighted by atomic mass is 9.77. The van der Waals surface area contributed by atoms with Gasteiger partial charge < -0.3 is 14.8 Å². The standard InChI is InChI=1S/C30H23BrN2O4/c1-36-26-16-18(9-14-25(26)37-30(35)17-7-10-19(31)11-8-17)29-28-21(4-2-6-24(28)34)27-20-5-3-15-32-22(20)12-13-23(27)33-29/h3,5,7-16,29,33H,2,4,6H2,1H3. The van der Waals surface area contributed by atoms with Gasteiger partial charge in [-0.1, -0.05) is 28.1 Å². The van der Waals surface area contributed by atoms with Crippen LogP contribution in [0.4, 0.5) is 5.69 Å². The van der Waals surface area contributed by atoms with Crippen LogP contribution in [0.15, 0.2) is 83.0 Å². The third-order valence-electron chi connectivity index (χ3n) is 6.94. The fourth-order valence-electron chi connectivity index (χ4n) is 5.23. The molecule has 1 aromatic heterocycles. The summed E-state index contributed by atoms with van der Waals surface area (Å²) >= 11 is 3.37. The quantitative estimate of drug-likeness (QED) is 0.218. The molecular weight excluding hydrogens is 532 g/mol. The van der Waals surface area contributed by atoms with Crippen molar-refractivity contribution in [2.24, 2.45) is 0 Å². The molecular formula is C30H23BrN2O4. The van der Waals surface area contributed by atoms with Crippen LogP contribution in [0.3, 0.4) is 0 Å². The molecule has 184 valence electrons. The van der Waals surface area contributed by atoms with Gasteiger partial charge in [0.2, 0.25) is 0 Å². The van der Waals surface area contributed by atoms with E-state index in [9.17, 15) is 9.59 Å². The van der Waals surface area contributed by atoms with Gasteiger partial charge in [0, 0.05) is 39.3 Å². The van der Waals surface area contributed by atoms with E-state index in [-0.39, 0.29) is 11.8 Å². The molecule has 1 atom stereocenters. The van der Waals surface area contributed by atoms with E-state index in [1.807, 2.05) is 30.3 Å². The average molecular weight is 555 g/mol. The summed E-state index contributed by atoms with van der Waals surface area (Å²) in [6.07, 6.45) is 3.97. The second-order valence-electron chi connectivity index (χ2n) is 9.11. The maximum atomic E-state index is 13.3. The van der Waals surface area contributed by atoms with Gasteiger partial charge in [0.15, 0.2) is 17.3 Å². The number of hydrogen-bond acceptors (Lipinski definition) is 6. The molecule has 37 heavy (non-hydrogen) atoms. The molecule has 1 aliphatic heterocycles. The summed E-state index contributed by atoms with van der Waals surface area (Å²) in [5.41, 5.74) is 6.12. The Labute approximate surface area is 222 Å². The molecule has 0 fully saturated rings. The Bertz CT molecular complexity index is 1590. The van der Waals surface area contributed by atoms with Crippen molar-refractivity contribution < 1.29 is 19.1 Å². The fraction of sp³-hybridized carbons (Fsp3) is 0.167. The summed E-state index contributed by atoms with van der Waals surface area (Å²) in [5, 5.41) is 4.65. The molecule has 0 radical (unpaired) electrons. The third-order valence-corrected chi connectivity index (χ3v) is 7.46. The Kier molecular flexibility index (Phi) is 6.00. The molecule has 7 heteroatoms. The maximum absolute atomic E-state index is 13.3. The highest BCUT2D eigenvalue weighted by atomic mass is 79.9. The van der Waals surface area contributed by atoms with E-state index in [4.69, 9.17) is 9.47 Å². The number of aromatic nitrogens is 1. The predicted octanol–water partition coefficient (Wildman–Crippen LogP) is 6.90. The van der Waals surface area contributed by atoms with Crippen LogP contribution >= 0.6 is 15.9 Å². The summed E-state index contributed by atoms with van der Waals surface area (Å²) in [4.78, 5) is 30.5. The first kappa shape index (κ1) is 23.4. The molecule has 0 bridgehead atoms. The van der Waals surface area contributed by atoms with Crippen LogP contribution in [-0.4, -0.2) is 23.8 Å². The van der Waals surface area contributed by atoms with E-state index in [2.05, 4.69) is 32.3 Å². The zero-order valence-corrected chi connectivity index (χ0v) is 21.7. The number of pyridine rings is 1. The number of carbonyl (C=O) groups excluding carboxylic acids is 2. The SMILES string of the molecule is COc1cc(C2Nc3ccc4ncccc4c3C3=C2C(=O)CCC3)ccc1OC(=O)c1ccc(Br)cc1. The van der Waals surface area contributed by atoms with Gasteiger partial charge in [-0.15, -0.1) is 0 Å². The highest BCUT2D eigenvalue weighted by molar-refractivity contribution is 9.10. The number of ether oxygens (including phenoxy) is 2. The van der Waals surface area contributed by atoms with Crippen molar-refractivity contribution in [3.63, 3.8) is 0 Å². The second-order valence-corrected chi connectivity index (χ2v) is 10.0. The molecule has 2 aliphatic rings. The monoisotopic (exact) mass is 554 g/mol. The number of carbonyl (C=O) groups is 2. The van der Waals surface area contributed by atoms with Crippen LogP contribution in [0, 0.1) is 0 Å². The number of halogens is 1. The number of nitrogens with zero attached hydrogens (tertiary/aromatic N) is 1. The number of fused-ring (bicyclic) bond motifs is 4. The molecule has 0 amide bonds. The van der Waals surface area contributed by atoms with Gasteiger partial charge in [-0.3, -0.25) is 9.78 Å². The Hall–Kier alpha value is -3.97. The van der Waals surface area contributed by atoms with E-state index in [0.29, 0.717) is 23.5 Å². The summed E-state index contributed by atoms with van der Waals surface area (Å²) in [6.45, 7) is 0. The molecule has 4 aromatic rings. The topological polar surface area (TPSA) is 77.5 Å². The number of methoxy groups -OCH3 is 1. The first-order valence-corrected chi connectivity index (χ1v) is 12.9. The van der Waals surface area contributed by atoms with Crippen LogP contribution in [0.1, 0.15) is 46.8 Å². The van der Waals surface area contributed by atoms with Crippen molar-refractivity contribution in [1.82, 2.24) is 4.98 Å². The van der Waals surface area contributed by atoms with Crippen molar-refractivity contribution in [3.8, 4) is 11.5 Å². The number of benzene rings is 3. The molecule has 6 rings (SSSR count). The minimum absolute atomic E-state index is 0.148. The highest BCUT2D eigenvalue weighted by Crippen LogP contribution is 2.48. The second kappa shape index (κ2) is 9.48. The van der Waals surface area contributed by atoms with Crippen molar-refractivity contribution in [1.29, 1.82) is 0 Å². The van der Waals surface area contributed by atoms with E-state index in [0.717, 1.165) is 56.2 Å². The number of ketones is 1. The summed E-state index contributed by atoms with van der Waals surface area (Å²) in [5.74, 6) is 0.409. The molecule has 2 heterocycles. The number of Topliss-reactive ketones (excluding diaryl/α,β-unsaturated/α-hetero) is 1. The first-order chi connectivity index (χ1) is 18.0. The summed E-state index contributed by atoms with van der Waals surface area (Å²) in [7, 11) is 1.54. The van der Waals surface area contributed by atoms with Crippen molar-refractivity contribution in [2.75, 3.05) is 12.4 Å². The molecule has 3 aromatic carbocycles. The number of anilines is 1. The Morgan fingerprint density at radius 2 is 1.86 bits per heavy atom. The van der Waals surface area contributed by atoms with Gasteiger partial charge in [0.1, 0.15) is 0 Å². The lowest BCUT2D eigenvalue weighted by Crippen LogP contribution is -2.27. The predicted molar refractivity (Wildman–Crippen MR) is 146 cm³/mol. The van der Waals surface area contributed by atoms with Crippen LogP contribution < -0.4 is 14.8 Å². The fourth-order valence-corrected chi connectivity index (χ4v) is 5.49. The van der Waals surface area contributed by atoms with Gasteiger partial charge in [-0.05, 0) is 78.6 Å². The van der Waals surface area contributed by atoms with Crippen LogP contribution in [0.5, 0.6) is 11.5 Å². The van der Waals surface area contributed by atoms with Crippen molar-refractivity contribution in [2.45, 2.75) is 25.3 Å². The number of rotatable bonds is 4. The van der Waals surface area contributed by atoms with Crippen molar-refractivity contribution >= 4 is 49.8 Å². The van der Waals surface area contributed by atoms with Gasteiger partial charge >= 0.3 is 5.97 Å². The minimum atomic E-state index is -0.476. The molecule has 1 N–H and O–H groups in total. The average Bonchev–Trinajstić information content (AvgIpc) is 2.93. The summed E-state index contributed by atoms with van der Waals surface area (Å²) in [6, 6.07) is 20.1. The first-order valence-electron chi connectivity index (χ1n) is 12.1. The van der Waals surface area contributed by atoms with E-state index in [1.165, 1.54) is 7.11 Å². The van der Waals surface area contributed by atoms with Gasteiger partial charge in [0.25, 0.3) is 0 Å². The molecule has 1 aliphatic carbocycles. The zero-order valence-electron chi connectivity index (χ0n) is 20.1. The lowest BCUT2D eigenvalue weighted by Gasteiger charge is -2.35. The largest absolute Gasteiger partial charge is 0.493 e. The van der Waals surface area contributed by atoms with Crippen LogP contribution in [0.2, 0.25) is 0 Å². The Balaban J connectivity index is 1.40. The third kappa shape index (κ3) is 4.19. The molecule has 0 spiro atoms. The summed E-state index contributed by atoms with van der Waals surface area (Å²) < 4.78 is 12.1. The zero-order chi connectivity index (χ0) is 25.5. The normalized spacial score (nSPS) is 16.6. The number of esters is 1. The molecule has 0 saturated carbocycles. The number of allylic oxidation sites excluding steroid dienone is 1. The number of hydrogen-bond donors (Lipinski definition) is 1. The van der Waals surface area contributed by atoms with Gasteiger partial charge in [-0.2, -0.15) is 0 Å². The smallest absolute Gasteiger partial charge is 0.343 e. The van der Waals surface area contributed by atoms with Crippen molar-refractivity contribution in [3.05, 3.63) is 99.7 Å². The van der Waals surface area contributed by atoms with E-state index in [1.54, 1.807) is 36.5 Å². The van der Waals surface area contributed by atoms with E-state index < -0.39 is 5.97 Å². The Morgan fingerprint density at radius 1 is 1.03 bits per heavy atom. The molecule has 0 saturated heterocycles. The van der Waals surface area contributed by atoms with Gasteiger partial charge in [-0.25, -0.2) is 4.79 Å². The highest BCUT2D eigenvalue weighted by Gasteiger charge is 2.35. The van der Waals surface area contributed by atoms with Crippen LogP contribution in [-0.2, 0) is 4.79 Å². The lowest BCUT2D eigenvalue weighted by molar-refractivity contribution is -0.116. The van der Waals surface area contributed by atoms with Crippen LogP contribution in [0.25, 0.3) is 16.5 Å². The molecule has 1 unspecified atom stereocenters. The van der Waals surface area contributed by atoms with Gasteiger partial charge in [0.05, 0.1) is 24.2 Å².